The minimum absolute atomic E-state index is 0.0607. The first-order valence-corrected chi connectivity index (χ1v) is 6.75. The van der Waals surface area contributed by atoms with Crippen molar-refractivity contribution in [2.45, 2.75) is 46.0 Å². The van der Waals surface area contributed by atoms with E-state index in [2.05, 4.69) is 0 Å². The zero-order chi connectivity index (χ0) is 13.4. The molecule has 1 aliphatic carbocycles. The van der Waals surface area contributed by atoms with E-state index in [4.69, 9.17) is 9.47 Å². The standard InChI is InChI=1S/C14H22O4/c1-3-17-13(15)12(14(16)18-4-2)10-11-8-6-5-7-9-11/h10-11H,3-9H2,1-2H3. The Morgan fingerprint density at radius 3 is 1.94 bits per heavy atom. The fourth-order valence-electron chi connectivity index (χ4n) is 2.17. The summed E-state index contributed by atoms with van der Waals surface area (Å²) in [4.78, 5) is 23.5. The topological polar surface area (TPSA) is 52.6 Å². The number of esters is 2. The maximum atomic E-state index is 11.7. The fraction of sp³-hybridized carbons (Fsp3) is 0.714. The van der Waals surface area contributed by atoms with Crippen molar-refractivity contribution in [2.24, 2.45) is 5.92 Å². The van der Waals surface area contributed by atoms with Crippen LogP contribution in [0.1, 0.15) is 46.0 Å². The average molecular weight is 254 g/mol. The van der Waals surface area contributed by atoms with E-state index < -0.39 is 11.9 Å². The largest absolute Gasteiger partial charge is 0.462 e. The molecule has 1 rings (SSSR count). The molecule has 1 saturated carbocycles. The first kappa shape index (κ1) is 14.7. The van der Waals surface area contributed by atoms with Gasteiger partial charge in [-0.05, 0) is 32.6 Å². The van der Waals surface area contributed by atoms with Gasteiger partial charge in [0.1, 0.15) is 5.57 Å². The van der Waals surface area contributed by atoms with Crippen molar-refractivity contribution < 1.29 is 19.1 Å². The summed E-state index contributed by atoms with van der Waals surface area (Å²) in [5.41, 5.74) is 0.0607. The van der Waals surface area contributed by atoms with Crippen LogP contribution >= 0.6 is 0 Å². The number of carbonyl (C=O) groups excluding carboxylic acids is 2. The van der Waals surface area contributed by atoms with Crippen molar-refractivity contribution in [2.75, 3.05) is 13.2 Å². The van der Waals surface area contributed by atoms with E-state index in [1.165, 1.54) is 6.42 Å². The van der Waals surface area contributed by atoms with Gasteiger partial charge in [0, 0.05) is 0 Å². The number of carbonyl (C=O) groups is 2. The van der Waals surface area contributed by atoms with Crippen molar-refractivity contribution in [3.63, 3.8) is 0 Å². The van der Waals surface area contributed by atoms with Crippen LogP contribution in [-0.2, 0) is 19.1 Å². The Hall–Kier alpha value is -1.32. The summed E-state index contributed by atoms with van der Waals surface area (Å²) in [6.45, 7) is 3.98. The first-order valence-electron chi connectivity index (χ1n) is 6.75. The molecule has 0 unspecified atom stereocenters. The number of hydrogen-bond donors (Lipinski definition) is 0. The lowest BCUT2D eigenvalue weighted by molar-refractivity contribution is -0.146. The van der Waals surface area contributed by atoms with Gasteiger partial charge in [0.25, 0.3) is 0 Å². The molecule has 0 amide bonds. The molecule has 0 N–H and O–H groups in total. The minimum Gasteiger partial charge on any atom is -0.462 e. The van der Waals surface area contributed by atoms with Crippen LogP contribution in [-0.4, -0.2) is 25.2 Å². The predicted molar refractivity (Wildman–Crippen MR) is 67.9 cm³/mol. The van der Waals surface area contributed by atoms with Crippen LogP contribution < -0.4 is 0 Å². The van der Waals surface area contributed by atoms with Crippen molar-refractivity contribution in [1.82, 2.24) is 0 Å². The molecule has 18 heavy (non-hydrogen) atoms. The molecule has 0 aromatic rings. The van der Waals surface area contributed by atoms with E-state index >= 15 is 0 Å². The third-order valence-corrected chi connectivity index (χ3v) is 3.04. The van der Waals surface area contributed by atoms with Gasteiger partial charge < -0.3 is 9.47 Å². The summed E-state index contributed by atoms with van der Waals surface area (Å²) < 4.78 is 9.81. The molecule has 0 spiro atoms. The van der Waals surface area contributed by atoms with Crippen molar-refractivity contribution in [3.05, 3.63) is 11.6 Å². The predicted octanol–water partition coefficient (Wildman–Crippen LogP) is 2.62. The highest BCUT2D eigenvalue weighted by atomic mass is 16.6. The molecule has 1 fully saturated rings. The third kappa shape index (κ3) is 4.51. The quantitative estimate of drug-likeness (QED) is 0.327. The normalized spacial score (nSPS) is 15.9. The van der Waals surface area contributed by atoms with Gasteiger partial charge in [-0.2, -0.15) is 0 Å². The SMILES string of the molecule is CCOC(=O)C(=CC1CCCCC1)C(=O)OCC. The highest BCUT2D eigenvalue weighted by Crippen LogP contribution is 2.26. The molecule has 102 valence electrons. The lowest BCUT2D eigenvalue weighted by Crippen LogP contribution is -2.20. The van der Waals surface area contributed by atoms with E-state index in [1.807, 2.05) is 0 Å². The minimum atomic E-state index is -0.568. The lowest BCUT2D eigenvalue weighted by Gasteiger charge is -2.19. The van der Waals surface area contributed by atoms with E-state index in [0.717, 1.165) is 25.7 Å². The molecule has 4 nitrogen and oxygen atoms in total. The van der Waals surface area contributed by atoms with Gasteiger partial charge in [0.15, 0.2) is 0 Å². The lowest BCUT2D eigenvalue weighted by atomic mass is 9.88. The number of allylic oxidation sites excluding steroid dienone is 1. The van der Waals surface area contributed by atoms with E-state index in [-0.39, 0.29) is 18.8 Å². The Labute approximate surface area is 108 Å². The van der Waals surface area contributed by atoms with Crippen molar-refractivity contribution in [1.29, 1.82) is 0 Å². The van der Waals surface area contributed by atoms with Gasteiger partial charge in [-0.1, -0.05) is 25.3 Å². The van der Waals surface area contributed by atoms with Crippen LogP contribution in [0, 0.1) is 5.92 Å². The zero-order valence-corrected chi connectivity index (χ0v) is 11.2. The first-order chi connectivity index (χ1) is 8.69. The summed E-state index contributed by atoms with van der Waals surface area (Å²) in [5, 5.41) is 0. The molecule has 1 aliphatic rings. The van der Waals surface area contributed by atoms with Crippen molar-refractivity contribution >= 4 is 11.9 Å². The van der Waals surface area contributed by atoms with Gasteiger partial charge >= 0.3 is 11.9 Å². The molecule has 4 heteroatoms. The Bertz CT molecular complexity index is 294. The smallest absolute Gasteiger partial charge is 0.345 e. The highest BCUT2D eigenvalue weighted by Gasteiger charge is 2.23. The second-order valence-corrected chi connectivity index (χ2v) is 4.42. The number of hydrogen-bond acceptors (Lipinski definition) is 4. The second-order valence-electron chi connectivity index (χ2n) is 4.42. The Kier molecular flexibility index (Phi) is 6.47. The third-order valence-electron chi connectivity index (χ3n) is 3.04. The molecular formula is C14H22O4. The summed E-state index contributed by atoms with van der Waals surface area (Å²) in [6.07, 6.45) is 7.35. The average Bonchev–Trinajstić information content (AvgIpc) is 2.37. The summed E-state index contributed by atoms with van der Waals surface area (Å²) in [6, 6.07) is 0. The molecule has 0 radical (unpaired) electrons. The summed E-state index contributed by atoms with van der Waals surface area (Å²) in [7, 11) is 0. The van der Waals surface area contributed by atoms with Crippen LogP contribution in [0.3, 0.4) is 0 Å². The number of rotatable bonds is 5. The van der Waals surface area contributed by atoms with Gasteiger partial charge in [0.05, 0.1) is 13.2 Å². The maximum absolute atomic E-state index is 11.7. The van der Waals surface area contributed by atoms with Crippen LogP contribution in [0.2, 0.25) is 0 Å². The van der Waals surface area contributed by atoms with Crippen LogP contribution in [0.5, 0.6) is 0 Å². The van der Waals surface area contributed by atoms with E-state index in [1.54, 1.807) is 19.9 Å². The van der Waals surface area contributed by atoms with Gasteiger partial charge in [-0.25, -0.2) is 9.59 Å². The monoisotopic (exact) mass is 254 g/mol. The maximum Gasteiger partial charge on any atom is 0.345 e. The molecule has 0 aliphatic heterocycles. The van der Waals surface area contributed by atoms with E-state index in [9.17, 15) is 9.59 Å². The van der Waals surface area contributed by atoms with Gasteiger partial charge in [-0.15, -0.1) is 0 Å². The molecule has 0 aromatic heterocycles. The Morgan fingerprint density at radius 2 is 1.50 bits per heavy atom. The Balaban J connectivity index is 2.77. The molecule has 0 bridgehead atoms. The van der Waals surface area contributed by atoms with E-state index in [0.29, 0.717) is 5.92 Å². The molecule has 0 atom stereocenters. The molecule has 0 saturated heterocycles. The van der Waals surface area contributed by atoms with Crippen LogP contribution in [0.4, 0.5) is 0 Å². The zero-order valence-electron chi connectivity index (χ0n) is 11.2. The van der Waals surface area contributed by atoms with Gasteiger partial charge in [0.2, 0.25) is 0 Å². The number of ether oxygens (including phenoxy) is 2. The highest BCUT2D eigenvalue weighted by molar-refractivity contribution is 6.14. The molecular weight excluding hydrogens is 232 g/mol. The summed E-state index contributed by atoms with van der Waals surface area (Å²) in [5.74, 6) is -0.842. The molecule has 0 aromatic carbocycles. The van der Waals surface area contributed by atoms with Gasteiger partial charge in [-0.3, -0.25) is 0 Å². The Morgan fingerprint density at radius 1 is 1.00 bits per heavy atom. The fourth-order valence-corrected chi connectivity index (χ4v) is 2.17. The van der Waals surface area contributed by atoms with Crippen LogP contribution in [0.15, 0.2) is 11.6 Å². The van der Waals surface area contributed by atoms with Crippen LogP contribution in [0.25, 0.3) is 0 Å². The second kappa shape index (κ2) is 7.90. The molecule has 0 heterocycles. The summed E-state index contributed by atoms with van der Waals surface area (Å²) >= 11 is 0. The van der Waals surface area contributed by atoms with Crippen molar-refractivity contribution in [3.8, 4) is 0 Å².